The number of pyridine rings is 1. The zero-order chi connectivity index (χ0) is 20.4. The van der Waals surface area contributed by atoms with Gasteiger partial charge in [0.15, 0.2) is 0 Å². The van der Waals surface area contributed by atoms with Crippen LogP contribution in [0, 0.1) is 34.0 Å². The molecule has 0 aromatic carbocycles. The summed E-state index contributed by atoms with van der Waals surface area (Å²) >= 11 is 0. The Labute approximate surface area is 175 Å². The van der Waals surface area contributed by atoms with Crippen molar-refractivity contribution in [1.29, 1.82) is 0 Å². The Morgan fingerprint density at radius 3 is 2.59 bits per heavy atom. The molecule has 4 aliphatic rings. The SMILES string of the molecule is CC1(C)C2=CCC3C(CC[C@]4(C)C(c5cccnc5)=CCC34)[C@@]2(C)CC/C1=N\O. The van der Waals surface area contributed by atoms with Gasteiger partial charge in [-0.05, 0) is 84.3 Å². The number of oxime groups is 1. The highest BCUT2D eigenvalue weighted by Crippen LogP contribution is 2.67. The van der Waals surface area contributed by atoms with Crippen molar-refractivity contribution in [2.75, 3.05) is 0 Å². The van der Waals surface area contributed by atoms with E-state index in [0.29, 0.717) is 0 Å². The van der Waals surface area contributed by atoms with Crippen LogP contribution in [-0.4, -0.2) is 15.9 Å². The van der Waals surface area contributed by atoms with Crippen LogP contribution in [0.1, 0.15) is 71.8 Å². The summed E-state index contributed by atoms with van der Waals surface area (Å²) in [6.45, 7) is 9.55. The van der Waals surface area contributed by atoms with Gasteiger partial charge in [0.1, 0.15) is 0 Å². The van der Waals surface area contributed by atoms with Gasteiger partial charge in [-0.2, -0.15) is 0 Å². The van der Waals surface area contributed by atoms with Crippen molar-refractivity contribution in [2.45, 2.75) is 66.2 Å². The summed E-state index contributed by atoms with van der Waals surface area (Å²) in [6, 6.07) is 4.30. The Morgan fingerprint density at radius 1 is 1.03 bits per heavy atom. The number of aromatic nitrogens is 1. The van der Waals surface area contributed by atoms with E-state index in [4.69, 9.17) is 0 Å². The predicted molar refractivity (Wildman–Crippen MR) is 118 cm³/mol. The summed E-state index contributed by atoms with van der Waals surface area (Å²) in [7, 11) is 0. The third-order valence-electron chi connectivity index (χ3n) is 9.41. The van der Waals surface area contributed by atoms with E-state index in [0.717, 1.165) is 36.3 Å². The van der Waals surface area contributed by atoms with Crippen LogP contribution in [0.4, 0.5) is 0 Å². The largest absolute Gasteiger partial charge is 0.411 e. The average Bonchev–Trinajstić information content (AvgIpc) is 3.05. The minimum Gasteiger partial charge on any atom is -0.411 e. The highest BCUT2D eigenvalue weighted by atomic mass is 16.4. The van der Waals surface area contributed by atoms with E-state index >= 15 is 0 Å². The molecule has 3 heteroatoms. The Morgan fingerprint density at radius 2 is 1.86 bits per heavy atom. The van der Waals surface area contributed by atoms with E-state index in [9.17, 15) is 5.21 Å². The number of hydrogen-bond donors (Lipinski definition) is 1. The van der Waals surface area contributed by atoms with Gasteiger partial charge in [-0.3, -0.25) is 4.98 Å². The number of allylic oxidation sites excluding steroid dienone is 4. The van der Waals surface area contributed by atoms with Crippen molar-refractivity contribution in [3.63, 3.8) is 0 Å². The molecule has 3 nitrogen and oxygen atoms in total. The summed E-state index contributed by atoms with van der Waals surface area (Å²) in [5, 5.41) is 13.3. The van der Waals surface area contributed by atoms with E-state index in [1.807, 2.05) is 12.4 Å². The van der Waals surface area contributed by atoms with Gasteiger partial charge in [0, 0.05) is 17.8 Å². The minimum atomic E-state index is -0.123. The van der Waals surface area contributed by atoms with E-state index < -0.39 is 0 Å². The first-order valence-electron chi connectivity index (χ1n) is 11.4. The summed E-state index contributed by atoms with van der Waals surface area (Å²) in [5.74, 6) is 2.21. The summed E-state index contributed by atoms with van der Waals surface area (Å²) < 4.78 is 0. The van der Waals surface area contributed by atoms with Crippen LogP contribution < -0.4 is 0 Å². The van der Waals surface area contributed by atoms with E-state index in [2.05, 4.69) is 62.1 Å². The summed E-state index contributed by atoms with van der Waals surface area (Å²) in [5.41, 5.74) is 5.73. The van der Waals surface area contributed by atoms with Gasteiger partial charge < -0.3 is 5.21 Å². The molecule has 5 rings (SSSR count). The molecule has 1 aromatic rings. The van der Waals surface area contributed by atoms with Gasteiger partial charge in [-0.1, -0.05) is 56.6 Å². The zero-order valence-corrected chi connectivity index (χ0v) is 18.3. The van der Waals surface area contributed by atoms with Gasteiger partial charge in [-0.15, -0.1) is 0 Å². The molecule has 4 aliphatic carbocycles. The molecular formula is C26H34N2O. The minimum absolute atomic E-state index is 0.123. The van der Waals surface area contributed by atoms with Gasteiger partial charge in [0.25, 0.3) is 0 Å². The fourth-order valence-corrected chi connectivity index (χ4v) is 7.94. The zero-order valence-electron chi connectivity index (χ0n) is 18.3. The predicted octanol–water partition coefficient (Wildman–Crippen LogP) is 6.50. The molecule has 154 valence electrons. The van der Waals surface area contributed by atoms with Crippen LogP contribution in [0.25, 0.3) is 5.57 Å². The van der Waals surface area contributed by atoms with Gasteiger partial charge >= 0.3 is 0 Å². The Kier molecular flexibility index (Phi) is 4.14. The summed E-state index contributed by atoms with van der Waals surface area (Å²) in [6.07, 6.45) is 16.0. The Balaban J connectivity index is 1.51. The highest BCUT2D eigenvalue weighted by molar-refractivity contribution is 5.93. The molecule has 0 amide bonds. The van der Waals surface area contributed by atoms with Crippen LogP contribution in [0.2, 0.25) is 0 Å². The highest BCUT2D eigenvalue weighted by Gasteiger charge is 2.59. The topological polar surface area (TPSA) is 45.5 Å². The third kappa shape index (κ3) is 2.49. The van der Waals surface area contributed by atoms with E-state index in [-0.39, 0.29) is 16.2 Å². The monoisotopic (exact) mass is 390 g/mol. The molecule has 0 spiro atoms. The second-order valence-corrected chi connectivity index (χ2v) is 10.9. The number of nitrogens with zero attached hydrogens (tertiary/aromatic N) is 2. The van der Waals surface area contributed by atoms with Crippen molar-refractivity contribution in [1.82, 2.24) is 4.98 Å². The maximum absolute atomic E-state index is 9.58. The third-order valence-corrected chi connectivity index (χ3v) is 9.41. The second kappa shape index (κ2) is 6.30. The Bertz CT molecular complexity index is 912. The first kappa shape index (κ1) is 19.1. The van der Waals surface area contributed by atoms with Gasteiger partial charge in [-0.25, -0.2) is 0 Å². The molecule has 1 heterocycles. The molecule has 3 unspecified atom stereocenters. The molecule has 0 radical (unpaired) electrons. The maximum Gasteiger partial charge on any atom is 0.0667 e. The van der Waals surface area contributed by atoms with Gasteiger partial charge in [0.05, 0.1) is 5.71 Å². The fourth-order valence-electron chi connectivity index (χ4n) is 7.94. The van der Waals surface area contributed by atoms with E-state index in [1.54, 1.807) is 0 Å². The molecule has 2 saturated carbocycles. The maximum atomic E-state index is 9.58. The molecule has 2 fully saturated rings. The standard InChI is InChI=1S/C26H34N2O/c1-24(2)22-10-7-18-20-9-8-19(17-6-5-15-27-16-17)25(20,3)13-11-21(18)26(22,4)14-12-23(24)28-29/h5-6,8,10,15-16,18,20-21,29H,7,9,11-14H2,1-4H3/b28-23+/t18?,20?,21?,25-,26-/m1/s1. The molecule has 0 bridgehead atoms. The number of hydrogen-bond acceptors (Lipinski definition) is 3. The fraction of sp³-hybridized carbons (Fsp3) is 0.615. The number of fused-ring (bicyclic) bond motifs is 5. The van der Waals surface area contributed by atoms with Crippen molar-refractivity contribution in [3.05, 3.63) is 47.8 Å². The molecule has 0 saturated heterocycles. The second-order valence-electron chi connectivity index (χ2n) is 10.9. The quantitative estimate of drug-likeness (QED) is 0.338. The van der Waals surface area contributed by atoms with Crippen LogP contribution in [0.15, 0.2) is 47.4 Å². The normalized spacial score (nSPS) is 41.8. The van der Waals surface area contributed by atoms with E-state index in [1.165, 1.54) is 42.4 Å². The van der Waals surface area contributed by atoms with Crippen LogP contribution in [0.5, 0.6) is 0 Å². The molecule has 1 aromatic heterocycles. The molecule has 5 atom stereocenters. The Hall–Kier alpha value is -1.90. The smallest absolute Gasteiger partial charge is 0.0667 e. The average molecular weight is 391 g/mol. The lowest BCUT2D eigenvalue weighted by Crippen LogP contribution is -2.53. The first-order chi connectivity index (χ1) is 13.8. The first-order valence-corrected chi connectivity index (χ1v) is 11.4. The van der Waals surface area contributed by atoms with Crippen molar-refractivity contribution < 1.29 is 5.21 Å². The summed E-state index contributed by atoms with van der Waals surface area (Å²) in [4.78, 5) is 4.39. The van der Waals surface area contributed by atoms with Crippen molar-refractivity contribution in [3.8, 4) is 0 Å². The molecule has 1 N–H and O–H groups in total. The van der Waals surface area contributed by atoms with Crippen LogP contribution >= 0.6 is 0 Å². The van der Waals surface area contributed by atoms with Gasteiger partial charge in [0.2, 0.25) is 0 Å². The van der Waals surface area contributed by atoms with Crippen molar-refractivity contribution >= 4 is 11.3 Å². The number of rotatable bonds is 1. The van der Waals surface area contributed by atoms with Crippen LogP contribution in [-0.2, 0) is 0 Å². The lowest BCUT2D eigenvalue weighted by atomic mass is 9.44. The molecule has 0 aliphatic heterocycles. The molecule has 29 heavy (non-hydrogen) atoms. The van der Waals surface area contributed by atoms with Crippen molar-refractivity contribution in [2.24, 2.45) is 39.2 Å². The lowest BCUT2D eigenvalue weighted by molar-refractivity contribution is -0.0117. The molecular weight excluding hydrogens is 356 g/mol. The lowest BCUT2D eigenvalue weighted by Gasteiger charge is -2.60. The van der Waals surface area contributed by atoms with Crippen LogP contribution in [0.3, 0.4) is 0 Å².